The van der Waals surface area contributed by atoms with Gasteiger partial charge in [0.2, 0.25) is 5.95 Å². The van der Waals surface area contributed by atoms with Crippen molar-refractivity contribution in [2.75, 3.05) is 5.32 Å². The number of aryl methyl sites for hydroxylation is 3. The minimum Gasteiger partial charge on any atom is -0.361 e. The van der Waals surface area contributed by atoms with Gasteiger partial charge in [0.1, 0.15) is 5.76 Å². The van der Waals surface area contributed by atoms with Crippen molar-refractivity contribution in [3.63, 3.8) is 0 Å². The van der Waals surface area contributed by atoms with E-state index in [0.717, 1.165) is 35.2 Å². The molecule has 0 fully saturated rings. The first-order valence-electron chi connectivity index (χ1n) is 5.92. The molecule has 96 valence electrons. The van der Waals surface area contributed by atoms with Gasteiger partial charge in [-0.05, 0) is 20.8 Å². The van der Waals surface area contributed by atoms with E-state index in [4.69, 9.17) is 4.52 Å². The summed E-state index contributed by atoms with van der Waals surface area (Å²) < 4.78 is 7.16. The van der Waals surface area contributed by atoms with Crippen molar-refractivity contribution in [1.29, 1.82) is 0 Å². The van der Waals surface area contributed by atoms with Crippen LogP contribution in [0.25, 0.3) is 0 Å². The van der Waals surface area contributed by atoms with Crippen molar-refractivity contribution >= 4 is 5.95 Å². The zero-order valence-electron chi connectivity index (χ0n) is 11.0. The van der Waals surface area contributed by atoms with Crippen LogP contribution >= 0.6 is 0 Å². The Bertz CT molecular complexity index is 534. The molecule has 2 aromatic rings. The molecule has 1 N–H and O–H groups in total. The topological polar surface area (TPSA) is 55.9 Å². The zero-order chi connectivity index (χ0) is 13.1. The van der Waals surface area contributed by atoms with E-state index in [1.165, 1.54) is 0 Å². The molecule has 0 unspecified atom stereocenters. The molecule has 0 aromatic carbocycles. The van der Waals surface area contributed by atoms with Crippen LogP contribution in [-0.4, -0.2) is 14.7 Å². The maximum Gasteiger partial charge on any atom is 0.203 e. The average molecular weight is 246 g/mol. The number of allylic oxidation sites excluding steroid dienone is 1. The van der Waals surface area contributed by atoms with Crippen LogP contribution in [0.2, 0.25) is 0 Å². The lowest BCUT2D eigenvalue weighted by atomic mass is 10.2. The minimum absolute atomic E-state index is 0.661. The number of hydrogen-bond acceptors (Lipinski definition) is 4. The van der Waals surface area contributed by atoms with Gasteiger partial charge in [-0.3, -0.25) is 0 Å². The fraction of sp³-hybridized carbons (Fsp3) is 0.385. The van der Waals surface area contributed by atoms with Gasteiger partial charge < -0.3 is 14.4 Å². The summed E-state index contributed by atoms with van der Waals surface area (Å²) in [6.07, 6.45) is 3.85. The number of imidazole rings is 1. The molecular formula is C13H18N4O. The molecule has 2 heterocycles. The molecule has 0 aliphatic carbocycles. The lowest BCUT2D eigenvalue weighted by Crippen LogP contribution is -2.07. The molecular weight excluding hydrogens is 228 g/mol. The van der Waals surface area contributed by atoms with Gasteiger partial charge >= 0.3 is 0 Å². The van der Waals surface area contributed by atoms with Gasteiger partial charge in [-0.1, -0.05) is 11.2 Å². The Balaban J connectivity index is 2.12. The Kier molecular flexibility index (Phi) is 3.50. The van der Waals surface area contributed by atoms with Crippen LogP contribution in [0, 0.1) is 20.8 Å². The zero-order valence-corrected chi connectivity index (χ0v) is 11.0. The SMILES string of the molecule is C=CCn1cc(C)nc1NCc1c(C)noc1C. The van der Waals surface area contributed by atoms with Crippen LogP contribution < -0.4 is 5.32 Å². The quantitative estimate of drug-likeness (QED) is 0.824. The van der Waals surface area contributed by atoms with Crippen LogP contribution in [0.4, 0.5) is 5.95 Å². The van der Waals surface area contributed by atoms with Crippen LogP contribution in [0.3, 0.4) is 0 Å². The van der Waals surface area contributed by atoms with Gasteiger partial charge in [-0.15, -0.1) is 6.58 Å². The van der Waals surface area contributed by atoms with E-state index in [1.807, 2.05) is 37.6 Å². The molecule has 0 amide bonds. The largest absolute Gasteiger partial charge is 0.361 e. The molecule has 0 saturated carbocycles. The molecule has 0 aliphatic heterocycles. The highest BCUT2D eigenvalue weighted by Crippen LogP contribution is 2.15. The monoisotopic (exact) mass is 246 g/mol. The minimum atomic E-state index is 0.661. The predicted molar refractivity (Wildman–Crippen MR) is 70.5 cm³/mol. The smallest absolute Gasteiger partial charge is 0.203 e. The molecule has 2 aromatic heterocycles. The fourth-order valence-corrected chi connectivity index (χ4v) is 1.89. The average Bonchev–Trinajstić information content (AvgIpc) is 2.82. The van der Waals surface area contributed by atoms with Crippen molar-refractivity contribution in [3.8, 4) is 0 Å². The highest BCUT2D eigenvalue weighted by molar-refractivity contribution is 5.33. The Morgan fingerprint density at radius 2 is 2.22 bits per heavy atom. The summed E-state index contributed by atoms with van der Waals surface area (Å²) in [5.74, 6) is 1.69. The van der Waals surface area contributed by atoms with E-state index in [-0.39, 0.29) is 0 Å². The second-order valence-corrected chi connectivity index (χ2v) is 4.30. The lowest BCUT2D eigenvalue weighted by Gasteiger charge is -2.07. The first kappa shape index (κ1) is 12.4. The highest BCUT2D eigenvalue weighted by Gasteiger charge is 2.10. The summed E-state index contributed by atoms with van der Waals surface area (Å²) in [6, 6.07) is 0. The third kappa shape index (κ3) is 2.45. The van der Waals surface area contributed by atoms with Crippen molar-refractivity contribution < 1.29 is 4.52 Å². The molecule has 0 aliphatic rings. The molecule has 0 atom stereocenters. The molecule has 2 rings (SSSR count). The Labute approximate surface area is 107 Å². The van der Waals surface area contributed by atoms with E-state index >= 15 is 0 Å². The van der Waals surface area contributed by atoms with Crippen LogP contribution in [0.1, 0.15) is 22.7 Å². The third-order valence-electron chi connectivity index (χ3n) is 2.83. The maximum atomic E-state index is 5.13. The standard InChI is InChI=1S/C13H18N4O/c1-5-6-17-8-9(2)15-13(17)14-7-12-10(3)16-18-11(12)4/h5,8H,1,6-7H2,2-4H3,(H,14,15). The summed E-state index contributed by atoms with van der Waals surface area (Å²) in [5.41, 5.74) is 2.98. The molecule has 0 bridgehead atoms. The van der Waals surface area contributed by atoms with E-state index in [9.17, 15) is 0 Å². The van der Waals surface area contributed by atoms with Crippen LogP contribution in [0.15, 0.2) is 23.4 Å². The van der Waals surface area contributed by atoms with Crippen molar-refractivity contribution in [3.05, 3.63) is 41.6 Å². The summed E-state index contributed by atoms with van der Waals surface area (Å²) in [6.45, 7) is 11.0. The van der Waals surface area contributed by atoms with Crippen LogP contribution in [0.5, 0.6) is 0 Å². The number of hydrogen-bond donors (Lipinski definition) is 1. The summed E-state index contributed by atoms with van der Waals surface area (Å²) >= 11 is 0. The van der Waals surface area contributed by atoms with E-state index in [2.05, 4.69) is 22.0 Å². The molecule has 0 saturated heterocycles. The van der Waals surface area contributed by atoms with Gasteiger partial charge in [0.25, 0.3) is 0 Å². The Morgan fingerprint density at radius 1 is 1.44 bits per heavy atom. The molecule has 5 nitrogen and oxygen atoms in total. The van der Waals surface area contributed by atoms with E-state index in [1.54, 1.807) is 0 Å². The second-order valence-electron chi connectivity index (χ2n) is 4.30. The fourth-order valence-electron chi connectivity index (χ4n) is 1.89. The number of aromatic nitrogens is 3. The van der Waals surface area contributed by atoms with E-state index < -0.39 is 0 Å². The van der Waals surface area contributed by atoms with Crippen molar-refractivity contribution in [2.24, 2.45) is 0 Å². The number of rotatable bonds is 5. The van der Waals surface area contributed by atoms with Crippen molar-refractivity contribution in [1.82, 2.24) is 14.7 Å². The highest BCUT2D eigenvalue weighted by atomic mass is 16.5. The Hall–Kier alpha value is -2.04. The van der Waals surface area contributed by atoms with Gasteiger partial charge in [-0.25, -0.2) is 4.98 Å². The normalized spacial score (nSPS) is 10.6. The summed E-state index contributed by atoms with van der Waals surface area (Å²) in [7, 11) is 0. The molecule has 0 radical (unpaired) electrons. The lowest BCUT2D eigenvalue weighted by molar-refractivity contribution is 0.392. The Morgan fingerprint density at radius 3 is 2.83 bits per heavy atom. The van der Waals surface area contributed by atoms with Crippen LogP contribution in [-0.2, 0) is 13.1 Å². The molecule has 5 heteroatoms. The summed E-state index contributed by atoms with van der Waals surface area (Å²) in [5, 5.41) is 7.24. The second kappa shape index (κ2) is 5.08. The molecule has 18 heavy (non-hydrogen) atoms. The first-order valence-corrected chi connectivity index (χ1v) is 5.92. The van der Waals surface area contributed by atoms with Gasteiger partial charge in [0.15, 0.2) is 0 Å². The van der Waals surface area contributed by atoms with Gasteiger partial charge in [0, 0.05) is 24.8 Å². The number of anilines is 1. The molecule has 0 spiro atoms. The number of nitrogens with zero attached hydrogens (tertiary/aromatic N) is 3. The van der Waals surface area contributed by atoms with Gasteiger partial charge in [-0.2, -0.15) is 0 Å². The van der Waals surface area contributed by atoms with Gasteiger partial charge in [0.05, 0.1) is 11.4 Å². The first-order chi connectivity index (χ1) is 8.61. The summed E-state index contributed by atoms with van der Waals surface area (Å²) in [4.78, 5) is 4.44. The third-order valence-corrected chi connectivity index (χ3v) is 2.83. The van der Waals surface area contributed by atoms with Crippen molar-refractivity contribution in [2.45, 2.75) is 33.9 Å². The maximum absolute atomic E-state index is 5.13. The van der Waals surface area contributed by atoms with E-state index in [0.29, 0.717) is 6.54 Å². The predicted octanol–water partition coefficient (Wildman–Crippen LogP) is 2.59. The number of nitrogens with one attached hydrogen (secondary N) is 1.